The fraction of sp³-hybridized carbons (Fsp3) is 0.375. The third-order valence-corrected chi connectivity index (χ3v) is 5.95. The molecule has 1 aromatic carbocycles. The number of halogens is 5. The average molecular weight is 543 g/mol. The van der Waals surface area contributed by atoms with Crippen LogP contribution in [0.1, 0.15) is 31.9 Å². The Bertz CT molecular complexity index is 1350. The summed E-state index contributed by atoms with van der Waals surface area (Å²) in [6.45, 7) is 4.35. The Kier molecular flexibility index (Phi) is 8.34. The van der Waals surface area contributed by atoms with E-state index in [1.54, 1.807) is 16.5 Å². The van der Waals surface area contributed by atoms with E-state index in [4.69, 9.17) is 15.5 Å². The molecule has 0 saturated carbocycles. The summed E-state index contributed by atoms with van der Waals surface area (Å²) in [5.41, 5.74) is 7.58. The van der Waals surface area contributed by atoms with Gasteiger partial charge in [-0.05, 0) is 44.0 Å². The van der Waals surface area contributed by atoms with Crippen LogP contribution in [-0.4, -0.2) is 55.9 Å². The number of aromatic nitrogens is 4. The van der Waals surface area contributed by atoms with Crippen molar-refractivity contribution in [3.05, 3.63) is 54.2 Å². The van der Waals surface area contributed by atoms with Crippen molar-refractivity contribution in [3.8, 4) is 17.3 Å². The number of nitrogens with two attached hydrogens (primary N) is 1. The molecular formula is C24H27Cl2F3N6O. The zero-order chi connectivity index (χ0) is 24.0. The Morgan fingerprint density at radius 3 is 2.50 bits per heavy atom. The molecule has 1 aliphatic heterocycles. The lowest BCUT2D eigenvalue weighted by molar-refractivity contribution is -0.183. The van der Waals surface area contributed by atoms with Crippen molar-refractivity contribution in [1.82, 2.24) is 24.5 Å². The Morgan fingerprint density at radius 1 is 1.06 bits per heavy atom. The molecule has 1 aliphatic rings. The Balaban J connectivity index is 0.00000180. The first kappa shape index (κ1) is 27.9. The summed E-state index contributed by atoms with van der Waals surface area (Å²) in [7, 11) is 0. The fourth-order valence-corrected chi connectivity index (χ4v) is 4.49. The first-order valence-electron chi connectivity index (χ1n) is 11.2. The van der Waals surface area contributed by atoms with E-state index in [1.807, 2.05) is 38.1 Å². The summed E-state index contributed by atoms with van der Waals surface area (Å²) in [6, 6.07) is 10.3. The van der Waals surface area contributed by atoms with Crippen LogP contribution in [0.3, 0.4) is 0 Å². The van der Waals surface area contributed by atoms with Crippen LogP contribution in [0.25, 0.3) is 28.1 Å². The highest BCUT2D eigenvalue weighted by molar-refractivity contribution is 5.86. The minimum absolute atomic E-state index is 0. The second-order valence-electron chi connectivity index (χ2n) is 8.89. The molecule has 1 unspecified atom stereocenters. The van der Waals surface area contributed by atoms with Crippen LogP contribution in [0, 0.1) is 0 Å². The van der Waals surface area contributed by atoms with E-state index in [0.717, 1.165) is 5.39 Å². The number of benzene rings is 1. The zero-order valence-electron chi connectivity index (χ0n) is 19.6. The van der Waals surface area contributed by atoms with Gasteiger partial charge in [-0.1, -0.05) is 24.3 Å². The van der Waals surface area contributed by atoms with Gasteiger partial charge in [-0.25, -0.2) is 4.98 Å². The molecule has 0 spiro atoms. The number of pyridine rings is 2. The van der Waals surface area contributed by atoms with Crippen molar-refractivity contribution in [3.63, 3.8) is 0 Å². The second-order valence-corrected chi connectivity index (χ2v) is 8.89. The topological polar surface area (TPSA) is 81.6 Å². The SMILES string of the molecule is CC(C)Oc1cccc2ccc(-c3nnc4ccc([C@@H](N5CCC(N)C5)C(F)(F)F)cn34)nc12.Cl.Cl. The zero-order valence-corrected chi connectivity index (χ0v) is 21.3. The molecule has 5 rings (SSSR count). The van der Waals surface area contributed by atoms with Crippen molar-refractivity contribution in [2.45, 2.75) is 44.6 Å². The van der Waals surface area contributed by atoms with E-state index >= 15 is 0 Å². The van der Waals surface area contributed by atoms with Crippen LogP contribution >= 0.6 is 24.8 Å². The highest BCUT2D eigenvalue weighted by Crippen LogP contribution is 2.39. The molecule has 1 fully saturated rings. The highest BCUT2D eigenvalue weighted by atomic mass is 35.5. The van der Waals surface area contributed by atoms with E-state index in [-0.39, 0.29) is 49.1 Å². The van der Waals surface area contributed by atoms with Gasteiger partial charge >= 0.3 is 6.18 Å². The monoisotopic (exact) mass is 542 g/mol. The van der Waals surface area contributed by atoms with Gasteiger partial charge in [0.1, 0.15) is 23.0 Å². The number of likely N-dealkylation sites (tertiary alicyclic amines) is 1. The number of nitrogens with zero attached hydrogens (tertiary/aromatic N) is 5. The van der Waals surface area contributed by atoms with Crippen molar-refractivity contribution in [1.29, 1.82) is 0 Å². The van der Waals surface area contributed by atoms with E-state index in [2.05, 4.69) is 10.2 Å². The number of hydrogen-bond donors (Lipinski definition) is 1. The number of alkyl halides is 3. The molecular weight excluding hydrogens is 516 g/mol. The standard InChI is InChI=1S/C24H25F3N6O.2ClH/c1-14(2)34-19-5-3-4-15-6-8-18(29-21(15)19)23-31-30-20-9-7-16(12-33(20)23)22(24(25,26)27)32-11-10-17(28)13-32;;/h3-9,12,14,17,22H,10-11,13,28H2,1-2H3;2*1H/t17?,22-;;/m1../s1. The van der Waals surface area contributed by atoms with Gasteiger partial charge < -0.3 is 10.5 Å². The lowest BCUT2D eigenvalue weighted by Gasteiger charge is -2.30. The molecule has 0 amide bonds. The number of rotatable bonds is 5. The van der Waals surface area contributed by atoms with Gasteiger partial charge in [0, 0.05) is 30.7 Å². The van der Waals surface area contributed by atoms with Crippen LogP contribution in [0.5, 0.6) is 5.75 Å². The van der Waals surface area contributed by atoms with Crippen LogP contribution in [0.4, 0.5) is 13.2 Å². The number of ether oxygens (including phenoxy) is 1. The Morgan fingerprint density at radius 2 is 1.83 bits per heavy atom. The first-order valence-corrected chi connectivity index (χ1v) is 11.2. The molecule has 0 aliphatic carbocycles. The molecule has 194 valence electrons. The maximum absolute atomic E-state index is 14.1. The Labute approximate surface area is 218 Å². The predicted octanol–water partition coefficient (Wildman–Crippen LogP) is 5.21. The average Bonchev–Trinajstić information content (AvgIpc) is 3.38. The van der Waals surface area contributed by atoms with Crippen molar-refractivity contribution in [2.24, 2.45) is 5.73 Å². The maximum atomic E-state index is 14.1. The molecule has 4 aromatic rings. The van der Waals surface area contributed by atoms with E-state index in [9.17, 15) is 13.2 Å². The van der Waals surface area contributed by atoms with Crippen molar-refractivity contribution < 1.29 is 17.9 Å². The van der Waals surface area contributed by atoms with Crippen LogP contribution in [-0.2, 0) is 0 Å². The number of hydrogen-bond acceptors (Lipinski definition) is 6. The molecule has 12 heteroatoms. The van der Waals surface area contributed by atoms with Crippen LogP contribution < -0.4 is 10.5 Å². The summed E-state index contributed by atoms with van der Waals surface area (Å²) in [6.07, 6.45) is -2.50. The summed E-state index contributed by atoms with van der Waals surface area (Å²) < 4.78 is 49.8. The quantitative estimate of drug-likeness (QED) is 0.372. The fourth-order valence-electron chi connectivity index (χ4n) is 4.49. The highest BCUT2D eigenvalue weighted by Gasteiger charge is 2.46. The molecule has 0 radical (unpaired) electrons. The van der Waals surface area contributed by atoms with E-state index in [0.29, 0.717) is 41.4 Å². The summed E-state index contributed by atoms with van der Waals surface area (Å²) in [5, 5.41) is 9.26. The molecule has 2 atom stereocenters. The normalized spacial score (nSPS) is 17.2. The molecule has 3 aromatic heterocycles. The van der Waals surface area contributed by atoms with Crippen molar-refractivity contribution in [2.75, 3.05) is 13.1 Å². The largest absolute Gasteiger partial charge is 0.489 e. The lowest BCUT2D eigenvalue weighted by Crippen LogP contribution is -2.38. The van der Waals surface area contributed by atoms with E-state index < -0.39 is 12.2 Å². The summed E-state index contributed by atoms with van der Waals surface area (Å²) in [5.74, 6) is 0.989. The van der Waals surface area contributed by atoms with Gasteiger partial charge in [0.2, 0.25) is 0 Å². The Hall–Kier alpha value is -2.66. The number of para-hydroxylation sites is 1. The molecule has 7 nitrogen and oxygen atoms in total. The van der Waals surface area contributed by atoms with Gasteiger partial charge in [-0.3, -0.25) is 9.30 Å². The minimum atomic E-state index is -4.45. The molecule has 0 bridgehead atoms. The minimum Gasteiger partial charge on any atom is -0.489 e. The first-order chi connectivity index (χ1) is 16.2. The molecule has 36 heavy (non-hydrogen) atoms. The van der Waals surface area contributed by atoms with Gasteiger partial charge in [0.15, 0.2) is 11.5 Å². The van der Waals surface area contributed by atoms with Crippen molar-refractivity contribution >= 4 is 41.4 Å². The van der Waals surface area contributed by atoms with Gasteiger partial charge in [0.25, 0.3) is 0 Å². The third-order valence-electron chi connectivity index (χ3n) is 5.95. The lowest BCUT2D eigenvalue weighted by atomic mass is 10.1. The third kappa shape index (κ3) is 5.36. The molecule has 2 N–H and O–H groups in total. The maximum Gasteiger partial charge on any atom is 0.408 e. The van der Waals surface area contributed by atoms with Crippen LogP contribution in [0.2, 0.25) is 0 Å². The van der Waals surface area contributed by atoms with Gasteiger partial charge in [0.05, 0.1) is 6.10 Å². The number of fused-ring (bicyclic) bond motifs is 2. The molecule has 4 heterocycles. The molecule has 1 saturated heterocycles. The smallest absolute Gasteiger partial charge is 0.408 e. The second kappa shape index (κ2) is 10.8. The van der Waals surface area contributed by atoms with Crippen LogP contribution in [0.15, 0.2) is 48.7 Å². The summed E-state index contributed by atoms with van der Waals surface area (Å²) >= 11 is 0. The van der Waals surface area contributed by atoms with E-state index in [1.165, 1.54) is 17.2 Å². The predicted molar refractivity (Wildman–Crippen MR) is 137 cm³/mol. The van der Waals surface area contributed by atoms with Gasteiger partial charge in [-0.15, -0.1) is 35.0 Å². The van der Waals surface area contributed by atoms with Gasteiger partial charge in [-0.2, -0.15) is 13.2 Å². The summed E-state index contributed by atoms with van der Waals surface area (Å²) in [4.78, 5) is 6.12.